The van der Waals surface area contributed by atoms with Gasteiger partial charge in [-0.05, 0) is 33.1 Å². The Balaban J connectivity index is 1.60. The van der Waals surface area contributed by atoms with Gasteiger partial charge in [0.15, 0.2) is 0 Å². The summed E-state index contributed by atoms with van der Waals surface area (Å²) in [5.41, 5.74) is 0. The maximum Gasteiger partial charge on any atom is 0.205 e. The number of hydrogen-bond donors (Lipinski definition) is 1. The molecule has 2 unspecified atom stereocenters. The van der Waals surface area contributed by atoms with Crippen LogP contribution in [0.4, 0.5) is 5.13 Å². The Morgan fingerprint density at radius 1 is 1.38 bits per heavy atom. The Hall–Kier alpha value is -0.680. The Morgan fingerprint density at radius 2 is 2.19 bits per heavy atom. The van der Waals surface area contributed by atoms with Gasteiger partial charge in [0, 0.05) is 24.7 Å². The molecule has 1 aromatic rings. The minimum absolute atomic E-state index is 0.558. The van der Waals surface area contributed by atoms with Crippen LogP contribution in [0.5, 0.6) is 0 Å². The van der Waals surface area contributed by atoms with Gasteiger partial charge in [-0.15, -0.1) is 10.2 Å². The number of rotatable bonds is 3. The van der Waals surface area contributed by atoms with Crippen molar-refractivity contribution in [2.75, 3.05) is 11.9 Å². The predicted octanol–water partition coefficient (Wildman–Crippen LogP) is 1.88. The van der Waals surface area contributed by atoms with Crippen LogP contribution in [0.3, 0.4) is 0 Å². The van der Waals surface area contributed by atoms with E-state index >= 15 is 0 Å². The van der Waals surface area contributed by atoms with Gasteiger partial charge in [-0.2, -0.15) is 0 Å². The van der Waals surface area contributed by atoms with Gasteiger partial charge in [0.25, 0.3) is 0 Å². The molecule has 1 saturated carbocycles. The number of hydrogen-bond acceptors (Lipinski definition) is 5. The molecule has 88 valence electrons. The van der Waals surface area contributed by atoms with Crippen molar-refractivity contribution in [2.24, 2.45) is 0 Å². The third-order valence-corrected chi connectivity index (χ3v) is 4.26. The van der Waals surface area contributed by atoms with E-state index < -0.39 is 0 Å². The van der Waals surface area contributed by atoms with E-state index in [1.807, 2.05) is 6.92 Å². The van der Waals surface area contributed by atoms with Crippen LogP contribution in [0.1, 0.15) is 31.2 Å². The highest BCUT2D eigenvalue weighted by molar-refractivity contribution is 7.15. The molecule has 0 aromatic carbocycles. The van der Waals surface area contributed by atoms with E-state index in [4.69, 9.17) is 0 Å². The summed E-state index contributed by atoms with van der Waals surface area (Å²) in [6.45, 7) is 5.51. The van der Waals surface area contributed by atoms with Gasteiger partial charge >= 0.3 is 0 Å². The number of aryl methyl sites for hydroxylation is 1. The fourth-order valence-electron chi connectivity index (χ4n) is 2.61. The summed E-state index contributed by atoms with van der Waals surface area (Å²) in [6, 6.07) is 2.15. The molecule has 1 aromatic heterocycles. The fourth-order valence-corrected chi connectivity index (χ4v) is 3.27. The minimum Gasteiger partial charge on any atom is -0.356 e. The average molecular weight is 238 g/mol. The molecule has 1 N–H and O–H groups in total. The van der Waals surface area contributed by atoms with E-state index in [1.54, 1.807) is 11.3 Å². The van der Waals surface area contributed by atoms with Gasteiger partial charge in [0.05, 0.1) is 0 Å². The van der Waals surface area contributed by atoms with Gasteiger partial charge in [0.1, 0.15) is 5.01 Å². The van der Waals surface area contributed by atoms with Crippen LogP contribution in [0.25, 0.3) is 0 Å². The molecule has 16 heavy (non-hydrogen) atoms. The highest BCUT2D eigenvalue weighted by Gasteiger charge is 2.38. The quantitative estimate of drug-likeness (QED) is 0.873. The molecule has 5 heteroatoms. The lowest BCUT2D eigenvalue weighted by Crippen LogP contribution is -2.30. The molecule has 2 fully saturated rings. The molecule has 4 nitrogen and oxygen atoms in total. The maximum absolute atomic E-state index is 4.13. The van der Waals surface area contributed by atoms with Crippen LogP contribution in [0.15, 0.2) is 0 Å². The topological polar surface area (TPSA) is 41.1 Å². The van der Waals surface area contributed by atoms with E-state index in [0.717, 1.165) is 22.2 Å². The fraction of sp³-hybridized carbons (Fsp3) is 0.818. The Labute approximate surface area is 100 Å². The lowest BCUT2D eigenvalue weighted by molar-refractivity contribution is 0.257. The first-order chi connectivity index (χ1) is 7.72. The van der Waals surface area contributed by atoms with E-state index in [9.17, 15) is 0 Å². The lowest BCUT2D eigenvalue weighted by Gasteiger charge is -2.19. The summed E-state index contributed by atoms with van der Waals surface area (Å²) in [7, 11) is 0. The largest absolute Gasteiger partial charge is 0.356 e. The SMILES string of the molecule is Cc1nnc(NC2CC(C)N(C3CC3)C2)s1. The number of nitrogens with zero attached hydrogens (tertiary/aromatic N) is 3. The molecule has 1 aliphatic carbocycles. The number of aromatic nitrogens is 2. The van der Waals surface area contributed by atoms with E-state index in [1.165, 1.54) is 25.8 Å². The highest BCUT2D eigenvalue weighted by atomic mass is 32.1. The normalized spacial score (nSPS) is 30.9. The van der Waals surface area contributed by atoms with Crippen molar-refractivity contribution in [2.45, 2.75) is 51.2 Å². The van der Waals surface area contributed by atoms with Crippen molar-refractivity contribution < 1.29 is 0 Å². The van der Waals surface area contributed by atoms with Crippen LogP contribution in [-0.4, -0.2) is 39.8 Å². The Kier molecular flexibility index (Phi) is 2.59. The second-order valence-corrected chi connectivity index (χ2v) is 6.16. The number of anilines is 1. The zero-order valence-corrected chi connectivity index (χ0v) is 10.6. The monoisotopic (exact) mass is 238 g/mol. The summed E-state index contributed by atoms with van der Waals surface area (Å²) in [5, 5.41) is 13.7. The van der Waals surface area contributed by atoms with Crippen molar-refractivity contribution in [1.82, 2.24) is 15.1 Å². The van der Waals surface area contributed by atoms with Gasteiger partial charge in [0.2, 0.25) is 5.13 Å². The molecule has 0 spiro atoms. The highest BCUT2D eigenvalue weighted by Crippen LogP contribution is 2.34. The minimum atomic E-state index is 0.558. The summed E-state index contributed by atoms with van der Waals surface area (Å²) in [4.78, 5) is 2.64. The second kappa shape index (κ2) is 3.96. The number of likely N-dealkylation sites (tertiary alicyclic amines) is 1. The lowest BCUT2D eigenvalue weighted by atomic mass is 10.2. The van der Waals surface area contributed by atoms with Crippen molar-refractivity contribution in [3.05, 3.63) is 5.01 Å². The molecule has 0 radical (unpaired) electrons. The van der Waals surface area contributed by atoms with Gasteiger partial charge < -0.3 is 5.32 Å². The van der Waals surface area contributed by atoms with Gasteiger partial charge in [-0.25, -0.2) is 0 Å². The van der Waals surface area contributed by atoms with Crippen LogP contribution in [0.2, 0.25) is 0 Å². The Morgan fingerprint density at radius 3 is 2.81 bits per heavy atom. The molecular weight excluding hydrogens is 220 g/mol. The van der Waals surface area contributed by atoms with E-state index in [0.29, 0.717) is 6.04 Å². The molecule has 0 bridgehead atoms. The zero-order valence-electron chi connectivity index (χ0n) is 9.81. The zero-order chi connectivity index (χ0) is 11.1. The first-order valence-electron chi connectivity index (χ1n) is 6.05. The van der Waals surface area contributed by atoms with Crippen LogP contribution < -0.4 is 5.32 Å². The van der Waals surface area contributed by atoms with Crippen molar-refractivity contribution in [3.63, 3.8) is 0 Å². The summed E-state index contributed by atoms with van der Waals surface area (Å²) >= 11 is 1.65. The van der Waals surface area contributed by atoms with Gasteiger partial charge in [-0.1, -0.05) is 11.3 Å². The average Bonchev–Trinajstić information content (AvgIpc) is 2.91. The third-order valence-electron chi connectivity index (χ3n) is 3.49. The Bertz CT molecular complexity index is 374. The van der Waals surface area contributed by atoms with Gasteiger partial charge in [-0.3, -0.25) is 4.90 Å². The molecule has 1 aliphatic heterocycles. The molecule has 2 heterocycles. The first-order valence-corrected chi connectivity index (χ1v) is 6.86. The number of nitrogens with one attached hydrogen (secondary N) is 1. The standard InChI is InChI=1S/C11H18N4S/c1-7-5-9(6-15(7)10-3-4-10)12-11-14-13-8(2)16-11/h7,9-10H,3-6H2,1-2H3,(H,12,14). The van der Waals surface area contributed by atoms with Crippen molar-refractivity contribution in [3.8, 4) is 0 Å². The molecular formula is C11H18N4S. The maximum atomic E-state index is 4.13. The van der Waals surface area contributed by atoms with Crippen molar-refractivity contribution in [1.29, 1.82) is 0 Å². The summed E-state index contributed by atoms with van der Waals surface area (Å²) < 4.78 is 0. The third kappa shape index (κ3) is 2.06. The predicted molar refractivity (Wildman–Crippen MR) is 65.9 cm³/mol. The molecule has 2 aliphatic rings. The first kappa shape index (κ1) is 10.5. The molecule has 2 atom stereocenters. The van der Waals surface area contributed by atoms with Crippen LogP contribution in [0, 0.1) is 6.92 Å². The van der Waals surface area contributed by atoms with E-state index in [-0.39, 0.29) is 0 Å². The van der Waals surface area contributed by atoms with E-state index in [2.05, 4.69) is 27.3 Å². The second-order valence-electron chi connectivity index (χ2n) is 4.98. The molecule has 1 saturated heterocycles. The molecule has 0 amide bonds. The molecule has 3 rings (SSSR count). The summed E-state index contributed by atoms with van der Waals surface area (Å²) in [5.74, 6) is 0. The van der Waals surface area contributed by atoms with Crippen LogP contribution in [-0.2, 0) is 0 Å². The van der Waals surface area contributed by atoms with Crippen molar-refractivity contribution >= 4 is 16.5 Å². The van der Waals surface area contributed by atoms with Crippen LogP contribution >= 0.6 is 11.3 Å². The smallest absolute Gasteiger partial charge is 0.205 e. The summed E-state index contributed by atoms with van der Waals surface area (Å²) in [6.07, 6.45) is 4.03.